The minimum Gasteiger partial charge on any atom is -0.393 e. The van der Waals surface area contributed by atoms with Crippen LogP contribution in [0.4, 0.5) is 0 Å². The van der Waals surface area contributed by atoms with Crippen molar-refractivity contribution < 1.29 is 5.11 Å². The van der Waals surface area contributed by atoms with Crippen LogP contribution >= 0.6 is 0 Å². The fraction of sp³-hybridized carbons (Fsp3) is 0.833. The summed E-state index contributed by atoms with van der Waals surface area (Å²) >= 11 is 0. The second-order valence-electron chi connectivity index (χ2n) is 5.13. The lowest BCUT2D eigenvalue weighted by molar-refractivity contribution is 0.162. The van der Waals surface area contributed by atoms with Gasteiger partial charge in [0.1, 0.15) is 0 Å². The molecule has 0 fully saturated rings. The average Bonchev–Trinajstić information content (AvgIpc) is 2.08. The summed E-state index contributed by atoms with van der Waals surface area (Å²) in [6.07, 6.45) is 7.42. The van der Waals surface area contributed by atoms with Crippen LogP contribution < -0.4 is 0 Å². The zero-order valence-electron chi connectivity index (χ0n) is 10.4. The van der Waals surface area contributed by atoms with Crippen LogP contribution in [0, 0.1) is 0 Å². The Hall–Kier alpha value is -0.0831. The molecule has 0 spiro atoms. The Morgan fingerprint density at radius 1 is 1.29 bits per heavy atom. The molecule has 0 heterocycles. The Bertz CT molecular complexity index is 170. The Morgan fingerprint density at radius 2 is 1.86 bits per heavy atom. The van der Waals surface area contributed by atoms with Gasteiger partial charge in [-0.15, -0.1) is 0 Å². The molecule has 2 heteroatoms. The molecule has 0 unspecified atom stereocenters. The molecule has 0 bridgehead atoms. The van der Waals surface area contributed by atoms with Crippen molar-refractivity contribution in [3.8, 4) is 0 Å². The van der Waals surface area contributed by atoms with Crippen molar-refractivity contribution in [3.63, 3.8) is 0 Å². The molecular weight excluding hydrogens is 188 g/mol. The van der Waals surface area contributed by atoms with Crippen molar-refractivity contribution in [1.82, 2.24) is 0 Å². The topological polar surface area (TPSA) is 20.2 Å². The number of allylic oxidation sites excluding steroid dienone is 1. The molecule has 0 aromatic rings. The predicted molar refractivity (Wildman–Crippen MR) is 67.4 cm³/mol. The molecule has 0 radical (unpaired) electrons. The van der Waals surface area contributed by atoms with Gasteiger partial charge >= 0.3 is 0 Å². The minimum atomic E-state index is -1.26. The second kappa shape index (κ2) is 6.41. The van der Waals surface area contributed by atoms with Crippen LogP contribution in [0.15, 0.2) is 12.2 Å². The average molecular weight is 214 g/mol. The first kappa shape index (κ1) is 13.9. The summed E-state index contributed by atoms with van der Waals surface area (Å²) in [5.74, 6) is 0. The van der Waals surface area contributed by atoms with E-state index in [1.807, 2.05) is 6.92 Å². The lowest BCUT2D eigenvalue weighted by Crippen LogP contribution is -2.35. The first-order valence-electron chi connectivity index (χ1n) is 5.74. The summed E-state index contributed by atoms with van der Waals surface area (Å²) in [5, 5.41) is 10.1. The lowest BCUT2D eigenvalue weighted by Gasteiger charge is -2.30. The van der Waals surface area contributed by atoms with Gasteiger partial charge in [0, 0.05) is 0 Å². The van der Waals surface area contributed by atoms with Gasteiger partial charge in [0.25, 0.3) is 0 Å². The molecule has 0 aliphatic heterocycles. The molecule has 14 heavy (non-hydrogen) atoms. The van der Waals surface area contributed by atoms with Crippen LogP contribution in [0.5, 0.6) is 0 Å². The number of unbranched alkanes of at least 4 members (excludes halogenated alkanes) is 1. The molecule has 0 aromatic carbocycles. The molecule has 84 valence electrons. The van der Waals surface area contributed by atoms with Crippen molar-refractivity contribution in [2.45, 2.75) is 64.4 Å². The van der Waals surface area contributed by atoms with E-state index in [-0.39, 0.29) is 6.10 Å². The molecule has 0 saturated carbocycles. The van der Waals surface area contributed by atoms with Crippen LogP contribution in [0.1, 0.15) is 33.1 Å². The predicted octanol–water partition coefficient (Wildman–Crippen LogP) is 3.82. The minimum absolute atomic E-state index is 0.127. The van der Waals surface area contributed by atoms with E-state index in [9.17, 15) is 5.11 Å². The van der Waals surface area contributed by atoms with Crippen molar-refractivity contribution >= 4 is 8.07 Å². The number of aliphatic hydroxyl groups excluding tert-OH is 1. The van der Waals surface area contributed by atoms with Crippen molar-refractivity contribution in [2.24, 2.45) is 0 Å². The molecule has 1 nitrogen and oxygen atoms in total. The molecule has 0 aliphatic carbocycles. The van der Waals surface area contributed by atoms with Gasteiger partial charge in [-0.2, -0.15) is 0 Å². The summed E-state index contributed by atoms with van der Waals surface area (Å²) in [4.78, 5) is 0. The SMILES string of the molecule is C/C=C/[C@@H]([C@H](O)CCCC)[Si](C)(C)C. The highest BCUT2D eigenvalue weighted by Crippen LogP contribution is 2.29. The van der Waals surface area contributed by atoms with Gasteiger partial charge < -0.3 is 5.11 Å². The lowest BCUT2D eigenvalue weighted by atomic mass is 10.1. The number of aliphatic hydroxyl groups is 1. The van der Waals surface area contributed by atoms with E-state index >= 15 is 0 Å². The van der Waals surface area contributed by atoms with Crippen LogP contribution in [-0.4, -0.2) is 19.3 Å². The first-order chi connectivity index (χ1) is 6.43. The normalized spacial score (nSPS) is 17.3. The Morgan fingerprint density at radius 3 is 2.21 bits per heavy atom. The molecule has 0 aromatic heterocycles. The van der Waals surface area contributed by atoms with Crippen LogP contribution in [0.25, 0.3) is 0 Å². The molecule has 1 N–H and O–H groups in total. The fourth-order valence-electron chi connectivity index (χ4n) is 1.79. The van der Waals surface area contributed by atoms with E-state index in [1.54, 1.807) is 0 Å². The molecule has 0 rings (SSSR count). The number of rotatable bonds is 6. The number of hydrogen-bond donors (Lipinski definition) is 1. The molecule has 0 saturated heterocycles. The Labute approximate surface area is 90.2 Å². The van der Waals surface area contributed by atoms with Gasteiger partial charge in [-0.1, -0.05) is 51.6 Å². The van der Waals surface area contributed by atoms with E-state index in [0.29, 0.717) is 5.54 Å². The third-order valence-electron chi connectivity index (χ3n) is 2.67. The van der Waals surface area contributed by atoms with Crippen LogP contribution in [-0.2, 0) is 0 Å². The van der Waals surface area contributed by atoms with E-state index in [4.69, 9.17) is 0 Å². The highest BCUT2D eigenvalue weighted by molar-refractivity contribution is 6.78. The maximum Gasteiger partial charge on any atom is 0.0578 e. The van der Waals surface area contributed by atoms with Crippen LogP contribution in [0.2, 0.25) is 25.2 Å². The largest absolute Gasteiger partial charge is 0.393 e. The van der Waals surface area contributed by atoms with E-state index in [2.05, 4.69) is 38.7 Å². The highest BCUT2D eigenvalue weighted by atomic mass is 28.3. The number of hydrogen-bond acceptors (Lipinski definition) is 1. The van der Waals surface area contributed by atoms with Gasteiger partial charge in [0.05, 0.1) is 14.2 Å². The summed E-state index contributed by atoms with van der Waals surface area (Å²) in [6.45, 7) is 11.2. The maximum absolute atomic E-state index is 10.1. The van der Waals surface area contributed by atoms with Gasteiger partial charge in [0.2, 0.25) is 0 Å². The zero-order valence-corrected chi connectivity index (χ0v) is 11.4. The highest BCUT2D eigenvalue weighted by Gasteiger charge is 2.29. The van der Waals surface area contributed by atoms with Gasteiger partial charge in [-0.25, -0.2) is 0 Å². The monoisotopic (exact) mass is 214 g/mol. The molecule has 2 atom stereocenters. The van der Waals surface area contributed by atoms with E-state index in [0.717, 1.165) is 12.8 Å². The molecule has 0 aliphatic rings. The van der Waals surface area contributed by atoms with Crippen LogP contribution in [0.3, 0.4) is 0 Å². The van der Waals surface area contributed by atoms with Gasteiger partial charge in [-0.3, -0.25) is 0 Å². The second-order valence-corrected chi connectivity index (χ2v) is 10.5. The van der Waals surface area contributed by atoms with Crippen molar-refractivity contribution in [1.29, 1.82) is 0 Å². The van der Waals surface area contributed by atoms with Gasteiger partial charge in [-0.05, 0) is 18.9 Å². The summed E-state index contributed by atoms with van der Waals surface area (Å²) in [6, 6.07) is 0. The quantitative estimate of drug-likeness (QED) is 0.526. The standard InChI is InChI=1S/C12H26OSi/c1-6-8-10-11(13)12(9-7-2)14(3,4)5/h7,9,11-13H,6,8,10H2,1-5H3/b9-7+/t11-,12+/m1/s1. The van der Waals surface area contributed by atoms with E-state index in [1.165, 1.54) is 6.42 Å². The molecular formula is C12H26OSi. The summed E-state index contributed by atoms with van der Waals surface area (Å²) < 4.78 is 0. The zero-order chi connectivity index (χ0) is 11.2. The van der Waals surface area contributed by atoms with Gasteiger partial charge in [0.15, 0.2) is 0 Å². The smallest absolute Gasteiger partial charge is 0.0578 e. The third-order valence-corrected chi connectivity index (χ3v) is 5.24. The summed E-state index contributed by atoms with van der Waals surface area (Å²) in [5.41, 5.74) is 0.416. The fourth-order valence-corrected chi connectivity index (χ4v) is 3.89. The Balaban J connectivity index is 4.34. The Kier molecular flexibility index (Phi) is 6.37. The van der Waals surface area contributed by atoms with Crippen molar-refractivity contribution in [3.05, 3.63) is 12.2 Å². The maximum atomic E-state index is 10.1. The van der Waals surface area contributed by atoms with Crippen molar-refractivity contribution in [2.75, 3.05) is 0 Å². The molecule has 0 amide bonds. The third kappa shape index (κ3) is 4.96. The van der Waals surface area contributed by atoms with E-state index < -0.39 is 8.07 Å². The summed E-state index contributed by atoms with van der Waals surface area (Å²) in [7, 11) is -1.26. The first-order valence-corrected chi connectivity index (χ1v) is 9.32.